The van der Waals surface area contributed by atoms with E-state index in [4.69, 9.17) is 10.0 Å². The molecule has 5 nitrogen and oxygen atoms in total. The zero-order valence-electron chi connectivity index (χ0n) is 8.98. The minimum Gasteiger partial charge on any atom is -0.423 e. The number of nitrogens with one attached hydrogen (secondary N) is 2. The quantitative estimate of drug-likeness (QED) is 0.550. The first-order chi connectivity index (χ1) is 8.08. The highest BCUT2D eigenvalue weighted by molar-refractivity contribution is 6.58. The Morgan fingerprint density at radius 1 is 1.41 bits per heavy atom. The summed E-state index contributed by atoms with van der Waals surface area (Å²) in [6, 6.07) is 3.71. The molecule has 1 aliphatic carbocycles. The molecule has 2 amide bonds. The maximum Gasteiger partial charge on any atom is 0.491 e. The third-order valence-electron chi connectivity index (χ3n) is 2.47. The molecule has 4 N–H and O–H groups in total. The van der Waals surface area contributed by atoms with E-state index < -0.39 is 19.0 Å². The second-order valence-corrected chi connectivity index (χ2v) is 3.96. The molecule has 0 atom stereocenters. The van der Waals surface area contributed by atoms with Gasteiger partial charge in [0.15, 0.2) is 0 Å². The highest BCUT2D eigenvalue weighted by atomic mass is 19.1. The summed E-state index contributed by atoms with van der Waals surface area (Å²) in [6.45, 7) is 0. The predicted octanol–water partition coefficient (Wildman–Crippen LogP) is -0.211. The van der Waals surface area contributed by atoms with Gasteiger partial charge < -0.3 is 20.7 Å². The van der Waals surface area contributed by atoms with Gasteiger partial charge >= 0.3 is 13.1 Å². The van der Waals surface area contributed by atoms with Crippen LogP contribution in [0.4, 0.5) is 14.9 Å². The van der Waals surface area contributed by atoms with Crippen molar-refractivity contribution >= 4 is 24.3 Å². The molecule has 0 aromatic heterocycles. The van der Waals surface area contributed by atoms with Crippen LogP contribution in [0, 0.1) is 5.82 Å². The smallest absolute Gasteiger partial charge is 0.423 e. The minimum absolute atomic E-state index is 0.0752. The highest BCUT2D eigenvalue weighted by Gasteiger charge is 2.24. The summed E-state index contributed by atoms with van der Waals surface area (Å²) in [7, 11) is -1.90. The fraction of sp³-hybridized carbons (Fsp3) is 0.300. The van der Waals surface area contributed by atoms with Gasteiger partial charge in [0.2, 0.25) is 0 Å². The van der Waals surface area contributed by atoms with Gasteiger partial charge in [0.05, 0.1) is 5.69 Å². The van der Waals surface area contributed by atoms with Crippen LogP contribution >= 0.6 is 0 Å². The Labute approximate surface area is 97.8 Å². The van der Waals surface area contributed by atoms with Gasteiger partial charge in [0.1, 0.15) is 5.82 Å². The molecule has 0 saturated heterocycles. The first kappa shape index (κ1) is 11.9. The van der Waals surface area contributed by atoms with Crippen LogP contribution in [0.1, 0.15) is 12.8 Å². The number of halogens is 1. The average molecular weight is 238 g/mol. The minimum atomic E-state index is -1.90. The van der Waals surface area contributed by atoms with Crippen LogP contribution in [0.25, 0.3) is 0 Å². The lowest BCUT2D eigenvalue weighted by Crippen LogP contribution is -2.35. The SMILES string of the molecule is O=C(Nc1cccc(B(O)O)c1F)NC1CC1. The second kappa shape index (κ2) is 4.73. The third-order valence-corrected chi connectivity index (χ3v) is 2.47. The molecule has 0 heterocycles. The molecule has 1 fully saturated rings. The summed E-state index contributed by atoms with van der Waals surface area (Å²) in [4.78, 5) is 11.4. The van der Waals surface area contributed by atoms with Crippen molar-refractivity contribution in [3.8, 4) is 0 Å². The monoisotopic (exact) mass is 238 g/mol. The summed E-state index contributed by atoms with van der Waals surface area (Å²) in [5.74, 6) is -0.839. The number of hydrogen-bond acceptors (Lipinski definition) is 3. The maximum absolute atomic E-state index is 13.7. The van der Waals surface area contributed by atoms with Crippen molar-refractivity contribution in [3.05, 3.63) is 24.0 Å². The average Bonchev–Trinajstić information content (AvgIpc) is 3.04. The highest BCUT2D eigenvalue weighted by Crippen LogP contribution is 2.19. The van der Waals surface area contributed by atoms with Crippen LogP contribution in [0.5, 0.6) is 0 Å². The number of rotatable bonds is 3. The van der Waals surface area contributed by atoms with Crippen molar-refractivity contribution in [1.29, 1.82) is 0 Å². The number of anilines is 1. The molecule has 2 rings (SSSR count). The lowest BCUT2D eigenvalue weighted by Gasteiger charge is -2.10. The molecule has 0 spiro atoms. The van der Waals surface area contributed by atoms with Crippen molar-refractivity contribution in [3.63, 3.8) is 0 Å². The lowest BCUT2D eigenvalue weighted by molar-refractivity contribution is 0.251. The van der Waals surface area contributed by atoms with Gasteiger partial charge in [-0.3, -0.25) is 0 Å². The molecule has 0 bridgehead atoms. The van der Waals surface area contributed by atoms with Crippen molar-refractivity contribution in [2.45, 2.75) is 18.9 Å². The van der Waals surface area contributed by atoms with Crippen LogP contribution in [-0.4, -0.2) is 29.2 Å². The summed E-state index contributed by atoms with van der Waals surface area (Å²) >= 11 is 0. The maximum atomic E-state index is 13.7. The van der Waals surface area contributed by atoms with Crippen molar-refractivity contribution in [2.24, 2.45) is 0 Å². The van der Waals surface area contributed by atoms with E-state index in [0.29, 0.717) is 0 Å². The van der Waals surface area contributed by atoms with E-state index in [9.17, 15) is 9.18 Å². The third kappa shape index (κ3) is 2.95. The zero-order valence-corrected chi connectivity index (χ0v) is 8.98. The van der Waals surface area contributed by atoms with Crippen LogP contribution in [0.2, 0.25) is 0 Å². The fourth-order valence-corrected chi connectivity index (χ4v) is 1.42. The summed E-state index contributed by atoms with van der Waals surface area (Å²) in [5.41, 5.74) is -0.344. The van der Waals surface area contributed by atoms with E-state index in [0.717, 1.165) is 12.8 Å². The molecule has 1 aromatic carbocycles. The van der Waals surface area contributed by atoms with Crippen LogP contribution in [-0.2, 0) is 0 Å². The van der Waals surface area contributed by atoms with E-state index in [2.05, 4.69) is 10.6 Å². The number of amides is 2. The van der Waals surface area contributed by atoms with E-state index in [1.54, 1.807) is 0 Å². The van der Waals surface area contributed by atoms with E-state index in [-0.39, 0.29) is 17.2 Å². The Kier molecular flexibility index (Phi) is 3.30. The van der Waals surface area contributed by atoms with Gasteiger partial charge in [0.25, 0.3) is 0 Å². The molecule has 0 unspecified atom stereocenters. The number of carbonyl (C=O) groups is 1. The van der Waals surface area contributed by atoms with Crippen molar-refractivity contribution in [2.75, 3.05) is 5.32 Å². The van der Waals surface area contributed by atoms with Gasteiger partial charge in [-0.2, -0.15) is 0 Å². The molecule has 1 aliphatic rings. The Bertz CT molecular complexity index is 438. The van der Waals surface area contributed by atoms with E-state index >= 15 is 0 Å². The van der Waals surface area contributed by atoms with Gasteiger partial charge in [-0.05, 0) is 18.9 Å². The van der Waals surface area contributed by atoms with Crippen LogP contribution in [0.3, 0.4) is 0 Å². The van der Waals surface area contributed by atoms with E-state index in [1.165, 1.54) is 18.2 Å². The molecule has 1 saturated carbocycles. The van der Waals surface area contributed by atoms with Gasteiger partial charge in [-0.15, -0.1) is 0 Å². The summed E-state index contributed by atoms with van der Waals surface area (Å²) in [5, 5.41) is 22.8. The predicted molar refractivity (Wildman–Crippen MR) is 61.4 cm³/mol. The van der Waals surface area contributed by atoms with Crippen molar-refractivity contribution in [1.82, 2.24) is 5.32 Å². The molecule has 17 heavy (non-hydrogen) atoms. The number of carbonyl (C=O) groups excluding carboxylic acids is 1. The van der Waals surface area contributed by atoms with Crippen LogP contribution < -0.4 is 16.1 Å². The number of urea groups is 1. The van der Waals surface area contributed by atoms with Crippen molar-refractivity contribution < 1.29 is 19.2 Å². The van der Waals surface area contributed by atoms with Gasteiger partial charge in [-0.1, -0.05) is 12.1 Å². The summed E-state index contributed by atoms with van der Waals surface area (Å²) < 4.78 is 13.7. The molecule has 7 heteroatoms. The molecule has 0 aliphatic heterocycles. The zero-order chi connectivity index (χ0) is 12.4. The molecule has 90 valence electrons. The largest absolute Gasteiger partial charge is 0.491 e. The fourth-order valence-electron chi connectivity index (χ4n) is 1.42. The molecule has 0 radical (unpaired) electrons. The Morgan fingerprint density at radius 2 is 2.12 bits per heavy atom. The standard InChI is InChI=1S/C10H12BFN2O3/c12-9-7(11(16)17)2-1-3-8(9)14-10(15)13-6-4-5-6/h1-3,6,16-17H,4-5H2,(H2,13,14,15). The molecular weight excluding hydrogens is 226 g/mol. The van der Waals surface area contributed by atoms with Crippen LogP contribution in [0.15, 0.2) is 18.2 Å². The molecule has 1 aromatic rings. The normalized spacial score (nSPS) is 14.3. The summed E-state index contributed by atoms with van der Waals surface area (Å²) in [6.07, 6.45) is 1.87. The first-order valence-electron chi connectivity index (χ1n) is 5.30. The van der Waals surface area contributed by atoms with E-state index in [1.807, 2.05) is 0 Å². The molecular formula is C10H12BFN2O3. The number of benzene rings is 1. The lowest BCUT2D eigenvalue weighted by atomic mass is 9.79. The second-order valence-electron chi connectivity index (χ2n) is 3.96. The Hall–Kier alpha value is -1.60. The number of hydrogen-bond donors (Lipinski definition) is 4. The Balaban J connectivity index is 2.09. The first-order valence-corrected chi connectivity index (χ1v) is 5.30. The topological polar surface area (TPSA) is 81.6 Å². The van der Waals surface area contributed by atoms with Gasteiger partial charge in [0, 0.05) is 11.5 Å². The Morgan fingerprint density at radius 3 is 2.71 bits per heavy atom. The van der Waals surface area contributed by atoms with Gasteiger partial charge in [-0.25, -0.2) is 9.18 Å².